The number of nitroso groups, excluding NO2 is 1. The van der Waals surface area contributed by atoms with Crippen LogP contribution in [0.4, 0.5) is 0 Å². The molecule has 0 amide bonds. The molecular weight excluding hydrogens is 390 g/mol. The van der Waals surface area contributed by atoms with Crippen LogP contribution < -0.4 is 0 Å². The predicted molar refractivity (Wildman–Crippen MR) is 116 cm³/mol. The van der Waals surface area contributed by atoms with Crippen LogP contribution in [0.2, 0.25) is 0 Å². The Morgan fingerprint density at radius 1 is 1.24 bits per heavy atom. The summed E-state index contributed by atoms with van der Waals surface area (Å²) in [5, 5.41) is 3.13. The van der Waals surface area contributed by atoms with Gasteiger partial charge in [-0.25, -0.2) is 8.42 Å². The van der Waals surface area contributed by atoms with E-state index in [1.54, 1.807) is 6.08 Å². The van der Waals surface area contributed by atoms with Gasteiger partial charge < -0.3 is 9.47 Å². The number of rotatable bonds is 14. The lowest BCUT2D eigenvalue weighted by atomic mass is 9.78. The zero-order valence-corrected chi connectivity index (χ0v) is 18.9. The Hall–Kier alpha value is -1.05. The molecule has 2 saturated heterocycles. The highest BCUT2D eigenvalue weighted by atomic mass is 32.2. The maximum absolute atomic E-state index is 12.3. The average molecular weight is 428 g/mol. The normalized spacial score (nSPS) is 28.1. The van der Waals surface area contributed by atoms with Crippen LogP contribution in [0.5, 0.6) is 0 Å². The molecule has 5 atom stereocenters. The molecule has 2 aliphatic rings. The fraction of sp³-hybridized carbons (Fsp3) is 0.818. The minimum Gasteiger partial charge on any atom is -0.374 e. The summed E-state index contributed by atoms with van der Waals surface area (Å²) in [7, 11) is -3.01. The van der Waals surface area contributed by atoms with Crippen molar-refractivity contribution < 1.29 is 17.9 Å². The van der Waals surface area contributed by atoms with Crippen LogP contribution in [0.15, 0.2) is 30.0 Å². The van der Waals surface area contributed by atoms with Crippen LogP contribution in [-0.2, 0) is 19.3 Å². The third-order valence-corrected chi connectivity index (χ3v) is 8.14. The first-order chi connectivity index (χ1) is 13.7. The van der Waals surface area contributed by atoms with E-state index in [-0.39, 0.29) is 41.0 Å². The lowest BCUT2D eigenvalue weighted by molar-refractivity contribution is -0.0103. The Morgan fingerprint density at radius 3 is 2.55 bits per heavy atom. The fourth-order valence-corrected chi connectivity index (χ4v) is 6.46. The average Bonchev–Trinajstić information content (AvgIpc) is 3.24. The van der Waals surface area contributed by atoms with Gasteiger partial charge in [-0.05, 0) is 49.6 Å². The van der Waals surface area contributed by atoms with Gasteiger partial charge >= 0.3 is 0 Å². The summed E-state index contributed by atoms with van der Waals surface area (Å²) in [5.41, 5.74) is -0.360. The Labute approximate surface area is 176 Å². The van der Waals surface area contributed by atoms with Crippen molar-refractivity contribution in [3.05, 3.63) is 29.7 Å². The van der Waals surface area contributed by atoms with Gasteiger partial charge in [0, 0.05) is 17.1 Å². The van der Waals surface area contributed by atoms with Gasteiger partial charge in [0.1, 0.15) is 0 Å². The number of ether oxygens (including phenoxy) is 2. The maximum atomic E-state index is 12.3. The van der Waals surface area contributed by atoms with E-state index in [9.17, 15) is 13.3 Å². The molecule has 0 spiro atoms. The first-order valence-electron chi connectivity index (χ1n) is 10.8. The molecule has 0 saturated carbocycles. The van der Waals surface area contributed by atoms with E-state index in [1.807, 2.05) is 20.8 Å². The monoisotopic (exact) mass is 427 g/mol. The van der Waals surface area contributed by atoms with Gasteiger partial charge in [0.25, 0.3) is 0 Å². The SMILES string of the molecule is C=CCOC(N=O)C(C)(C)CCC=CC[C@H]1[C@@H](CS(=O)(=O)CCC)[C@H]2CC[C@@H]1O2. The first kappa shape index (κ1) is 24.2. The summed E-state index contributed by atoms with van der Waals surface area (Å²) in [5.74, 6) is 0.909. The summed E-state index contributed by atoms with van der Waals surface area (Å²) in [6, 6.07) is 0. The first-order valence-corrected chi connectivity index (χ1v) is 12.6. The number of hydrogen-bond donors (Lipinski definition) is 0. The van der Waals surface area contributed by atoms with Gasteiger partial charge in [0.15, 0.2) is 16.1 Å². The Balaban J connectivity index is 1.86. The van der Waals surface area contributed by atoms with E-state index in [0.717, 1.165) is 32.1 Å². The van der Waals surface area contributed by atoms with Crippen molar-refractivity contribution in [2.24, 2.45) is 22.4 Å². The molecule has 2 heterocycles. The van der Waals surface area contributed by atoms with E-state index >= 15 is 0 Å². The number of hydrogen-bond acceptors (Lipinski definition) is 6. The molecule has 2 rings (SSSR count). The molecule has 6 nitrogen and oxygen atoms in total. The van der Waals surface area contributed by atoms with E-state index in [0.29, 0.717) is 13.0 Å². The van der Waals surface area contributed by atoms with Crippen molar-refractivity contribution in [2.75, 3.05) is 18.1 Å². The third-order valence-electron chi connectivity index (χ3n) is 6.22. The molecule has 0 aliphatic carbocycles. The molecule has 7 heteroatoms. The second-order valence-corrected chi connectivity index (χ2v) is 11.3. The summed E-state index contributed by atoms with van der Waals surface area (Å²) in [4.78, 5) is 11.1. The molecule has 1 unspecified atom stereocenters. The van der Waals surface area contributed by atoms with Crippen molar-refractivity contribution in [1.29, 1.82) is 0 Å². The summed E-state index contributed by atoms with van der Waals surface area (Å²) < 4.78 is 36.2. The molecule has 2 aliphatic heterocycles. The van der Waals surface area contributed by atoms with Gasteiger partial charge in [-0.15, -0.1) is 11.5 Å². The quantitative estimate of drug-likeness (QED) is 0.298. The molecule has 29 heavy (non-hydrogen) atoms. The van der Waals surface area contributed by atoms with Crippen LogP contribution in [0, 0.1) is 22.2 Å². The smallest absolute Gasteiger partial charge is 0.194 e. The van der Waals surface area contributed by atoms with Crippen molar-refractivity contribution >= 4 is 9.84 Å². The van der Waals surface area contributed by atoms with Crippen LogP contribution in [0.25, 0.3) is 0 Å². The second kappa shape index (κ2) is 10.8. The predicted octanol–water partition coefficient (Wildman–Crippen LogP) is 4.65. The van der Waals surface area contributed by atoms with Gasteiger partial charge in [0.2, 0.25) is 0 Å². The topological polar surface area (TPSA) is 82.0 Å². The highest BCUT2D eigenvalue weighted by Crippen LogP contribution is 2.45. The Bertz CT molecular complexity index is 673. The number of sulfone groups is 1. The lowest BCUT2D eigenvalue weighted by Crippen LogP contribution is -2.33. The largest absolute Gasteiger partial charge is 0.374 e. The highest BCUT2D eigenvalue weighted by Gasteiger charge is 2.49. The van der Waals surface area contributed by atoms with Gasteiger partial charge in [-0.3, -0.25) is 0 Å². The van der Waals surface area contributed by atoms with Crippen LogP contribution in [-0.4, -0.2) is 45.0 Å². The van der Waals surface area contributed by atoms with Crippen LogP contribution in [0.3, 0.4) is 0 Å². The molecule has 166 valence electrons. The van der Waals surface area contributed by atoms with Gasteiger partial charge in [0.05, 0.1) is 24.6 Å². The summed E-state index contributed by atoms with van der Waals surface area (Å²) >= 11 is 0. The van der Waals surface area contributed by atoms with Crippen molar-refractivity contribution in [2.45, 2.75) is 77.7 Å². The third kappa shape index (κ3) is 6.72. The lowest BCUT2D eigenvalue weighted by Gasteiger charge is -2.28. The summed E-state index contributed by atoms with van der Waals surface area (Å²) in [6.07, 6.45) is 10.6. The van der Waals surface area contributed by atoms with Gasteiger partial charge in [-0.1, -0.05) is 39.0 Å². The van der Waals surface area contributed by atoms with Crippen molar-refractivity contribution in [1.82, 2.24) is 0 Å². The van der Waals surface area contributed by atoms with E-state index in [2.05, 4.69) is 23.9 Å². The zero-order valence-electron chi connectivity index (χ0n) is 18.1. The van der Waals surface area contributed by atoms with Crippen LogP contribution >= 0.6 is 0 Å². The molecule has 0 aromatic carbocycles. The Kier molecular flexibility index (Phi) is 9.04. The van der Waals surface area contributed by atoms with E-state index in [4.69, 9.17) is 9.47 Å². The minimum atomic E-state index is -3.01. The zero-order chi connectivity index (χ0) is 21.5. The second-order valence-electron chi connectivity index (χ2n) is 9.05. The van der Waals surface area contributed by atoms with Crippen LogP contribution in [0.1, 0.15) is 59.3 Å². The number of allylic oxidation sites excluding steroid dienone is 2. The fourth-order valence-electron chi connectivity index (χ4n) is 4.62. The molecule has 2 bridgehead atoms. The molecule has 0 aromatic heterocycles. The molecule has 0 N–H and O–H groups in total. The Morgan fingerprint density at radius 2 is 1.93 bits per heavy atom. The standard InChI is InChI=1S/C22H37NO5S/c1-5-14-27-21(23-24)22(3,4)13-9-7-8-10-17-18(16-29(25,26)15-6-2)20-12-11-19(17)28-20/h5,7-8,17-21H,1,6,9-16H2,2-4H3/t17-,18+,19-,20+,21?/m0/s1. The number of fused-ring (bicyclic) bond motifs is 2. The number of nitrogens with zero attached hydrogens (tertiary/aromatic N) is 1. The van der Waals surface area contributed by atoms with Gasteiger partial charge in [-0.2, -0.15) is 0 Å². The maximum Gasteiger partial charge on any atom is 0.194 e. The molecule has 0 radical (unpaired) electrons. The molecule has 0 aromatic rings. The van der Waals surface area contributed by atoms with Crippen molar-refractivity contribution in [3.63, 3.8) is 0 Å². The van der Waals surface area contributed by atoms with E-state index in [1.165, 1.54) is 0 Å². The van der Waals surface area contributed by atoms with E-state index < -0.39 is 16.1 Å². The molecular formula is C22H37NO5S. The minimum absolute atomic E-state index is 0.102. The summed E-state index contributed by atoms with van der Waals surface area (Å²) in [6.45, 7) is 9.78. The van der Waals surface area contributed by atoms with Crippen molar-refractivity contribution in [3.8, 4) is 0 Å². The molecule has 2 fully saturated rings. The highest BCUT2D eigenvalue weighted by molar-refractivity contribution is 7.91.